The van der Waals surface area contributed by atoms with Crippen LogP contribution in [0.4, 0.5) is 23.0 Å². The second-order valence-corrected chi connectivity index (χ2v) is 8.59. The molecule has 0 spiro atoms. The number of methoxy groups -OCH3 is 1. The van der Waals surface area contributed by atoms with Gasteiger partial charge in [0.05, 0.1) is 29.8 Å². The van der Waals surface area contributed by atoms with E-state index in [2.05, 4.69) is 15.3 Å². The average Bonchev–Trinajstić information content (AvgIpc) is 3.26. The molecule has 0 saturated carbocycles. The van der Waals surface area contributed by atoms with Crippen molar-refractivity contribution in [3.63, 3.8) is 0 Å². The number of nitro groups is 1. The van der Waals surface area contributed by atoms with Crippen LogP contribution in [0, 0.1) is 10.1 Å². The number of nitro benzene ring substituents is 1. The van der Waals surface area contributed by atoms with E-state index in [9.17, 15) is 15.2 Å². The van der Waals surface area contributed by atoms with E-state index in [0.717, 1.165) is 23.0 Å². The van der Waals surface area contributed by atoms with Crippen LogP contribution in [0.3, 0.4) is 0 Å². The van der Waals surface area contributed by atoms with Crippen molar-refractivity contribution in [3.05, 3.63) is 70.5 Å². The second kappa shape index (κ2) is 10.6. The lowest BCUT2D eigenvalue weighted by atomic mass is 10.2. The molecule has 0 aliphatic rings. The Morgan fingerprint density at radius 3 is 2.64 bits per heavy atom. The van der Waals surface area contributed by atoms with Gasteiger partial charge in [-0.1, -0.05) is 18.2 Å². The molecule has 0 atom stereocenters. The van der Waals surface area contributed by atoms with Gasteiger partial charge >= 0.3 is 0 Å². The molecule has 0 saturated heterocycles. The molecule has 2 aromatic heterocycles. The number of likely N-dealkylation sites (N-methyl/N-ethyl adjacent to an activating group) is 2. The molecule has 11 nitrogen and oxygen atoms in total. The lowest BCUT2D eigenvalue weighted by molar-refractivity contribution is -0.384. The van der Waals surface area contributed by atoms with E-state index >= 15 is 0 Å². The molecule has 4 rings (SSSR count). The van der Waals surface area contributed by atoms with Gasteiger partial charge < -0.3 is 29.5 Å². The number of hydrogen-bond acceptors (Lipinski definition) is 9. The molecule has 188 valence electrons. The summed E-state index contributed by atoms with van der Waals surface area (Å²) in [6.07, 6.45) is 3.43. The molecular formula is C25H29N7O4. The number of anilines is 3. The summed E-state index contributed by atoms with van der Waals surface area (Å²) in [6.45, 7) is 1.25. The molecule has 2 aromatic carbocycles. The molecule has 0 unspecified atom stereocenters. The summed E-state index contributed by atoms with van der Waals surface area (Å²) >= 11 is 0. The first kappa shape index (κ1) is 24.9. The third-order valence-electron chi connectivity index (χ3n) is 5.89. The van der Waals surface area contributed by atoms with Gasteiger partial charge in [0.15, 0.2) is 0 Å². The quantitative estimate of drug-likeness (QED) is 0.253. The Morgan fingerprint density at radius 2 is 1.94 bits per heavy atom. The van der Waals surface area contributed by atoms with E-state index in [4.69, 9.17) is 4.74 Å². The summed E-state index contributed by atoms with van der Waals surface area (Å²) in [5.41, 5.74) is 2.45. The lowest BCUT2D eigenvalue weighted by Gasteiger charge is -2.22. The van der Waals surface area contributed by atoms with Crippen molar-refractivity contribution >= 4 is 33.9 Å². The van der Waals surface area contributed by atoms with E-state index in [0.29, 0.717) is 29.5 Å². The van der Waals surface area contributed by atoms with Gasteiger partial charge in [-0.15, -0.1) is 0 Å². The fourth-order valence-corrected chi connectivity index (χ4v) is 3.98. The Bertz CT molecular complexity index is 1390. The van der Waals surface area contributed by atoms with E-state index in [-0.39, 0.29) is 18.2 Å². The largest absolute Gasteiger partial charge is 0.494 e. The van der Waals surface area contributed by atoms with Gasteiger partial charge in [-0.25, -0.2) is 4.98 Å². The molecule has 2 N–H and O–H groups in total. The van der Waals surface area contributed by atoms with Crippen molar-refractivity contribution in [1.82, 2.24) is 19.4 Å². The molecular weight excluding hydrogens is 462 g/mol. The minimum atomic E-state index is -0.411. The Morgan fingerprint density at radius 1 is 1.17 bits per heavy atom. The van der Waals surface area contributed by atoms with Crippen LogP contribution in [0.5, 0.6) is 5.75 Å². The lowest BCUT2D eigenvalue weighted by Crippen LogP contribution is -2.28. The minimum absolute atomic E-state index is 0.0558. The maximum atomic E-state index is 11.9. The number of fused-ring (bicyclic) bond motifs is 1. The van der Waals surface area contributed by atoms with Crippen molar-refractivity contribution in [2.75, 3.05) is 51.6 Å². The van der Waals surface area contributed by atoms with Crippen LogP contribution in [0.2, 0.25) is 0 Å². The third kappa shape index (κ3) is 5.07. The van der Waals surface area contributed by atoms with Crippen molar-refractivity contribution in [2.24, 2.45) is 0 Å². The highest BCUT2D eigenvalue weighted by Gasteiger charge is 2.22. The van der Waals surface area contributed by atoms with Crippen molar-refractivity contribution in [2.45, 2.75) is 6.61 Å². The Balaban J connectivity index is 1.70. The number of nitrogens with one attached hydrogen (secondary N) is 1. The highest BCUT2D eigenvalue weighted by atomic mass is 16.6. The fourth-order valence-electron chi connectivity index (χ4n) is 3.98. The summed E-state index contributed by atoms with van der Waals surface area (Å²) in [5, 5.41) is 25.7. The van der Waals surface area contributed by atoms with E-state index in [1.807, 2.05) is 66.0 Å². The van der Waals surface area contributed by atoms with Gasteiger partial charge in [0.2, 0.25) is 5.95 Å². The standard InChI is InChI=1S/C25H29N7O4/c1-29(2)11-12-30(3)21-14-23(36-4)19(13-22(21)32(34)35)27-25-26-10-9-24(28-25)31-15-17(16-33)18-7-5-6-8-20(18)31/h5-10,13-15,33H,11-12,16H2,1-4H3,(H,26,27,28). The van der Waals surface area contributed by atoms with Gasteiger partial charge in [0, 0.05) is 55.6 Å². The van der Waals surface area contributed by atoms with Crippen LogP contribution in [0.25, 0.3) is 16.7 Å². The Kier molecular flexibility index (Phi) is 7.32. The van der Waals surface area contributed by atoms with Crippen LogP contribution in [0.15, 0.2) is 54.9 Å². The number of aliphatic hydroxyl groups excluding tert-OH is 1. The molecule has 0 aliphatic carbocycles. The number of benzene rings is 2. The van der Waals surface area contributed by atoms with Crippen LogP contribution in [0.1, 0.15) is 5.56 Å². The molecule has 36 heavy (non-hydrogen) atoms. The molecule has 0 radical (unpaired) electrons. The van der Waals surface area contributed by atoms with Crippen molar-refractivity contribution < 1.29 is 14.8 Å². The minimum Gasteiger partial charge on any atom is -0.494 e. The monoisotopic (exact) mass is 491 g/mol. The predicted octanol–water partition coefficient (Wildman–Crippen LogP) is 3.57. The fraction of sp³-hybridized carbons (Fsp3) is 0.280. The van der Waals surface area contributed by atoms with Crippen LogP contribution in [-0.4, -0.2) is 70.8 Å². The maximum Gasteiger partial charge on any atom is 0.294 e. The second-order valence-electron chi connectivity index (χ2n) is 8.59. The number of rotatable bonds is 10. The third-order valence-corrected chi connectivity index (χ3v) is 5.89. The van der Waals surface area contributed by atoms with Crippen LogP contribution >= 0.6 is 0 Å². The SMILES string of the molecule is COc1cc(N(C)CCN(C)C)c([N+](=O)[O-])cc1Nc1nccc(-n2cc(CO)c3ccccc32)n1. The molecule has 0 amide bonds. The smallest absolute Gasteiger partial charge is 0.294 e. The molecule has 0 aliphatic heterocycles. The number of hydrogen-bond donors (Lipinski definition) is 2. The normalized spacial score (nSPS) is 11.2. The molecule has 11 heteroatoms. The zero-order valence-corrected chi connectivity index (χ0v) is 20.7. The summed E-state index contributed by atoms with van der Waals surface area (Å²) in [6, 6.07) is 12.6. The summed E-state index contributed by atoms with van der Waals surface area (Å²) in [4.78, 5) is 24.2. The van der Waals surface area contributed by atoms with E-state index < -0.39 is 4.92 Å². The van der Waals surface area contributed by atoms with Crippen molar-refractivity contribution in [1.29, 1.82) is 0 Å². The first-order valence-corrected chi connectivity index (χ1v) is 11.3. The van der Waals surface area contributed by atoms with Gasteiger partial charge in [0.1, 0.15) is 17.3 Å². The summed E-state index contributed by atoms with van der Waals surface area (Å²) in [7, 11) is 7.22. The Labute approximate surface area is 208 Å². The van der Waals surface area contributed by atoms with Gasteiger partial charge in [0.25, 0.3) is 5.69 Å². The summed E-state index contributed by atoms with van der Waals surface area (Å²) in [5.74, 6) is 1.25. The van der Waals surface area contributed by atoms with Gasteiger partial charge in [-0.05, 0) is 26.2 Å². The molecule has 0 fully saturated rings. The molecule has 0 bridgehead atoms. The van der Waals surface area contributed by atoms with E-state index in [1.54, 1.807) is 18.3 Å². The molecule has 2 heterocycles. The number of nitrogens with zero attached hydrogens (tertiary/aromatic N) is 6. The predicted molar refractivity (Wildman–Crippen MR) is 140 cm³/mol. The summed E-state index contributed by atoms with van der Waals surface area (Å²) < 4.78 is 7.42. The van der Waals surface area contributed by atoms with Gasteiger partial charge in [-0.2, -0.15) is 4.98 Å². The highest BCUT2D eigenvalue weighted by molar-refractivity contribution is 5.85. The first-order chi connectivity index (χ1) is 17.3. The first-order valence-electron chi connectivity index (χ1n) is 11.3. The van der Waals surface area contributed by atoms with Crippen molar-refractivity contribution in [3.8, 4) is 11.6 Å². The van der Waals surface area contributed by atoms with Crippen LogP contribution < -0.4 is 15.0 Å². The number of ether oxygens (including phenoxy) is 1. The van der Waals surface area contributed by atoms with Gasteiger partial charge in [-0.3, -0.25) is 10.1 Å². The highest BCUT2D eigenvalue weighted by Crippen LogP contribution is 2.39. The zero-order chi connectivity index (χ0) is 25.8. The zero-order valence-electron chi connectivity index (χ0n) is 20.7. The maximum absolute atomic E-state index is 11.9. The number of aliphatic hydroxyl groups is 1. The Hall–Kier alpha value is -4.22. The number of aromatic nitrogens is 3. The molecule has 4 aromatic rings. The average molecular weight is 492 g/mol. The van der Waals surface area contributed by atoms with Crippen LogP contribution in [-0.2, 0) is 6.61 Å². The van der Waals surface area contributed by atoms with E-state index in [1.165, 1.54) is 13.2 Å². The topological polar surface area (TPSA) is 122 Å². The number of para-hydroxylation sites is 1.